The molecule has 40 heavy (non-hydrogen) atoms. The summed E-state index contributed by atoms with van der Waals surface area (Å²) in [5, 5.41) is -5.59. The third-order valence-electron chi connectivity index (χ3n) is 11.5. The average molecular weight is 597 g/mol. The van der Waals surface area contributed by atoms with Crippen LogP contribution in [-0.2, 0) is 33.9 Å². The smallest absolute Gasteiger partial charge is 0.431 e. The van der Waals surface area contributed by atoms with E-state index in [1.54, 1.807) is 0 Å². The Hall–Kier alpha value is -1.02. The molecule has 226 valence electrons. The standard InChI is InChI=1S/C27H36F4O8S/c1-23(4-2-3-5-23)37-20(32)13-36-24-10-14-6-16(11-24)25(17(7-14)12-24)38-21-15-8-18(22(21)39-25)19(9-15)26(28,29)27(30,31)40(33,34)35/h14-19,21-22H,2-13H2,1H3,(H,33,34,35)/t14?,15?,16?,17?,18?,19?,21-,22?,24?,25?/m1/s1. The maximum absolute atomic E-state index is 15.0. The summed E-state index contributed by atoms with van der Waals surface area (Å²) in [4.78, 5) is 12.6. The van der Waals surface area contributed by atoms with Crippen LogP contribution in [-0.4, -0.2) is 65.9 Å². The Labute approximate surface area is 230 Å². The Morgan fingerprint density at radius 3 is 2.23 bits per heavy atom. The summed E-state index contributed by atoms with van der Waals surface area (Å²) in [6, 6.07) is 0. The van der Waals surface area contributed by atoms with Gasteiger partial charge in [0.25, 0.3) is 0 Å². The third-order valence-corrected chi connectivity index (χ3v) is 12.4. The second kappa shape index (κ2) is 8.54. The monoisotopic (exact) mass is 596 g/mol. The molecule has 1 saturated heterocycles. The zero-order valence-electron chi connectivity index (χ0n) is 22.3. The lowest BCUT2D eigenvalue weighted by Crippen LogP contribution is -2.65. The first kappa shape index (κ1) is 27.8. The minimum atomic E-state index is -6.31. The molecule has 0 amide bonds. The summed E-state index contributed by atoms with van der Waals surface area (Å²) in [6.45, 7) is 1.82. The first-order valence-corrected chi connectivity index (χ1v) is 16.0. The fourth-order valence-corrected chi connectivity index (χ4v) is 10.5. The number of hydrogen-bond acceptors (Lipinski definition) is 7. The summed E-state index contributed by atoms with van der Waals surface area (Å²) in [5.74, 6) is -9.60. The molecule has 8 nitrogen and oxygen atoms in total. The van der Waals surface area contributed by atoms with Crippen LogP contribution in [0.1, 0.15) is 77.6 Å². The van der Waals surface area contributed by atoms with Gasteiger partial charge in [0.2, 0.25) is 0 Å². The highest BCUT2D eigenvalue weighted by atomic mass is 32.2. The molecule has 13 heteroatoms. The van der Waals surface area contributed by atoms with Gasteiger partial charge in [-0.3, -0.25) is 4.55 Å². The lowest BCUT2D eigenvalue weighted by Gasteiger charge is -2.62. The molecule has 0 aromatic heterocycles. The number of hydrogen-bond donors (Lipinski definition) is 1. The quantitative estimate of drug-likeness (QED) is 0.256. The van der Waals surface area contributed by atoms with Crippen LogP contribution in [0.4, 0.5) is 17.6 Å². The summed E-state index contributed by atoms with van der Waals surface area (Å²) >= 11 is 0. The van der Waals surface area contributed by atoms with E-state index in [-0.39, 0.29) is 37.3 Å². The van der Waals surface area contributed by atoms with Gasteiger partial charge in [-0.25, -0.2) is 4.79 Å². The van der Waals surface area contributed by atoms with E-state index in [0.29, 0.717) is 18.8 Å². The fourth-order valence-electron chi connectivity index (χ4n) is 9.99. The maximum atomic E-state index is 15.0. The molecular formula is C27H36F4O8S. The van der Waals surface area contributed by atoms with Crippen molar-refractivity contribution >= 4 is 16.1 Å². The molecule has 1 heterocycles. The van der Waals surface area contributed by atoms with Crippen LogP contribution in [0.2, 0.25) is 0 Å². The summed E-state index contributed by atoms with van der Waals surface area (Å²) < 4.78 is 115. The van der Waals surface area contributed by atoms with Crippen LogP contribution in [0.3, 0.4) is 0 Å². The van der Waals surface area contributed by atoms with Crippen LogP contribution >= 0.6 is 0 Å². The Kier molecular flexibility index (Phi) is 5.93. The van der Waals surface area contributed by atoms with E-state index in [2.05, 4.69) is 0 Å². The number of halogens is 4. The van der Waals surface area contributed by atoms with E-state index in [9.17, 15) is 30.8 Å². The molecule has 0 aromatic rings. The molecule has 8 fully saturated rings. The van der Waals surface area contributed by atoms with Crippen LogP contribution in [0.15, 0.2) is 0 Å². The van der Waals surface area contributed by atoms with Gasteiger partial charge in [-0.2, -0.15) is 26.0 Å². The van der Waals surface area contributed by atoms with Gasteiger partial charge in [-0.15, -0.1) is 0 Å². The highest BCUT2D eigenvalue weighted by Crippen LogP contribution is 2.69. The highest BCUT2D eigenvalue weighted by Gasteiger charge is 2.77. The third kappa shape index (κ3) is 3.82. The van der Waals surface area contributed by atoms with Gasteiger partial charge in [-0.05, 0) is 95.3 Å². The number of rotatable bonds is 7. The lowest BCUT2D eigenvalue weighted by molar-refractivity contribution is -0.331. The van der Waals surface area contributed by atoms with E-state index in [1.165, 1.54) is 0 Å². The fraction of sp³-hybridized carbons (Fsp3) is 0.963. The first-order chi connectivity index (χ1) is 18.6. The van der Waals surface area contributed by atoms with Gasteiger partial charge in [-0.1, -0.05) is 0 Å². The normalized spacial score (nSPS) is 46.9. The number of carbonyl (C=O) groups excluding carboxylic acids is 1. The van der Waals surface area contributed by atoms with E-state index >= 15 is 0 Å². The van der Waals surface area contributed by atoms with Gasteiger partial charge < -0.3 is 18.9 Å². The van der Waals surface area contributed by atoms with Crippen molar-refractivity contribution in [3.8, 4) is 0 Å². The van der Waals surface area contributed by atoms with Crippen molar-refractivity contribution in [2.24, 2.45) is 35.5 Å². The Balaban J connectivity index is 1.06. The van der Waals surface area contributed by atoms with E-state index in [1.807, 2.05) is 6.92 Å². The number of esters is 1. The van der Waals surface area contributed by atoms with Crippen molar-refractivity contribution in [2.75, 3.05) is 6.61 Å². The first-order valence-electron chi connectivity index (χ1n) is 14.5. The minimum absolute atomic E-state index is 0.0923. The van der Waals surface area contributed by atoms with Gasteiger partial charge in [0.15, 0.2) is 5.79 Å². The summed E-state index contributed by atoms with van der Waals surface area (Å²) in [7, 11) is -6.31. The zero-order chi connectivity index (χ0) is 28.5. The molecular weight excluding hydrogens is 560 g/mol. The average Bonchev–Trinajstić information content (AvgIpc) is 3.62. The Morgan fingerprint density at radius 2 is 1.60 bits per heavy atom. The van der Waals surface area contributed by atoms with Crippen LogP contribution in [0.5, 0.6) is 0 Å². The molecule has 7 atom stereocenters. The molecule has 0 aromatic carbocycles. The molecule has 1 aliphatic heterocycles. The van der Waals surface area contributed by atoms with Crippen molar-refractivity contribution in [3.63, 3.8) is 0 Å². The van der Waals surface area contributed by atoms with Gasteiger partial charge in [0.05, 0.1) is 17.8 Å². The molecule has 1 spiro atoms. The molecule has 8 aliphatic rings. The number of alkyl halides is 4. The predicted molar refractivity (Wildman–Crippen MR) is 129 cm³/mol. The Bertz CT molecular complexity index is 1170. The van der Waals surface area contributed by atoms with Gasteiger partial charge in [0, 0.05) is 17.8 Å². The SMILES string of the molecule is CC1(OC(=O)COC23CC4CC(C2)C2(OC5C6CC(CC6C(F)(F)C(F)(F)S(=O)(=O)O)[C@H]5O2)C(C4)C3)CCCC1. The van der Waals surface area contributed by atoms with Crippen molar-refractivity contribution in [2.45, 2.75) is 118 Å². The van der Waals surface area contributed by atoms with Crippen LogP contribution in [0, 0.1) is 35.5 Å². The highest BCUT2D eigenvalue weighted by molar-refractivity contribution is 7.87. The zero-order valence-corrected chi connectivity index (χ0v) is 23.1. The van der Waals surface area contributed by atoms with Crippen molar-refractivity contribution in [3.05, 3.63) is 0 Å². The predicted octanol–water partition coefficient (Wildman–Crippen LogP) is 4.71. The molecule has 1 N–H and O–H groups in total. The molecule has 7 aliphatic carbocycles. The topological polar surface area (TPSA) is 108 Å². The number of carbonyl (C=O) groups is 1. The van der Waals surface area contributed by atoms with E-state index in [0.717, 1.165) is 44.9 Å². The molecule has 6 unspecified atom stereocenters. The molecule has 8 rings (SSSR count). The molecule has 6 bridgehead atoms. The second-order valence-electron chi connectivity index (χ2n) is 13.9. The van der Waals surface area contributed by atoms with Gasteiger partial charge >= 0.3 is 27.3 Å². The summed E-state index contributed by atoms with van der Waals surface area (Å²) in [5.41, 5.74) is -0.956. The van der Waals surface area contributed by atoms with E-state index < -0.39 is 68.2 Å². The summed E-state index contributed by atoms with van der Waals surface area (Å²) in [6.07, 6.45) is 5.84. The second-order valence-corrected chi connectivity index (χ2v) is 15.4. The number of fused-ring (bicyclic) bond motifs is 5. The van der Waals surface area contributed by atoms with Crippen molar-refractivity contribution < 1.29 is 54.3 Å². The molecule has 0 radical (unpaired) electrons. The van der Waals surface area contributed by atoms with E-state index in [4.69, 9.17) is 23.5 Å². The maximum Gasteiger partial charge on any atom is 0.431 e. The Morgan fingerprint density at radius 1 is 0.975 bits per heavy atom. The minimum Gasteiger partial charge on any atom is -0.458 e. The largest absolute Gasteiger partial charge is 0.458 e. The van der Waals surface area contributed by atoms with Gasteiger partial charge in [0.1, 0.15) is 12.2 Å². The van der Waals surface area contributed by atoms with Crippen molar-refractivity contribution in [1.29, 1.82) is 0 Å². The molecule has 7 saturated carbocycles. The van der Waals surface area contributed by atoms with Crippen LogP contribution in [0.25, 0.3) is 0 Å². The van der Waals surface area contributed by atoms with Crippen LogP contribution < -0.4 is 0 Å². The number of ether oxygens (including phenoxy) is 4. The lowest BCUT2D eigenvalue weighted by atomic mass is 9.51. The van der Waals surface area contributed by atoms with Crippen molar-refractivity contribution in [1.82, 2.24) is 0 Å².